The number of methoxy groups -OCH3 is 2. The molecule has 5 heteroatoms. The van der Waals surface area contributed by atoms with Gasteiger partial charge in [-0.1, -0.05) is 0 Å². The highest BCUT2D eigenvalue weighted by atomic mass is 32.2. The van der Waals surface area contributed by atoms with Gasteiger partial charge in [-0.05, 0) is 24.0 Å². The summed E-state index contributed by atoms with van der Waals surface area (Å²) in [5, 5.41) is 0. The molecule has 0 radical (unpaired) electrons. The number of benzene rings is 1. The number of hydrogen-bond acceptors (Lipinski definition) is 5. The van der Waals surface area contributed by atoms with Crippen LogP contribution in [0.15, 0.2) is 12.1 Å². The maximum absolute atomic E-state index is 5.68. The molecule has 0 fully saturated rings. The van der Waals surface area contributed by atoms with Gasteiger partial charge in [-0.2, -0.15) is 11.8 Å². The predicted molar refractivity (Wildman–Crippen MR) is 71.3 cm³/mol. The molecule has 0 heterocycles. The molecule has 0 unspecified atom stereocenters. The average molecular weight is 257 g/mol. The minimum atomic E-state index is 0.442. The Kier molecular flexibility index (Phi) is 6.00. The van der Waals surface area contributed by atoms with Crippen LogP contribution >= 0.6 is 11.8 Å². The monoisotopic (exact) mass is 257 g/mol. The summed E-state index contributed by atoms with van der Waals surface area (Å²) >= 11 is 1.73. The van der Waals surface area contributed by atoms with Crippen molar-refractivity contribution in [3.63, 3.8) is 0 Å². The molecular weight excluding hydrogens is 238 g/mol. The lowest BCUT2D eigenvalue weighted by atomic mass is 10.2. The van der Waals surface area contributed by atoms with Gasteiger partial charge in [-0.25, -0.2) is 0 Å². The van der Waals surface area contributed by atoms with Gasteiger partial charge in [0.25, 0.3) is 0 Å². The molecule has 96 valence electrons. The molecule has 0 aromatic heterocycles. The van der Waals surface area contributed by atoms with Gasteiger partial charge in [0, 0.05) is 12.3 Å². The third-order valence-corrected chi connectivity index (χ3v) is 2.86. The lowest BCUT2D eigenvalue weighted by Crippen LogP contribution is -2.05. The van der Waals surface area contributed by atoms with Crippen molar-refractivity contribution < 1.29 is 14.2 Å². The van der Waals surface area contributed by atoms with Crippen molar-refractivity contribution >= 4 is 11.8 Å². The minimum absolute atomic E-state index is 0.442. The second-order valence-corrected chi connectivity index (χ2v) is 4.36. The highest BCUT2D eigenvalue weighted by Gasteiger charge is 2.13. The largest absolute Gasteiger partial charge is 0.493 e. The van der Waals surface area contributed by atoms with E-state index in [4.69, 9.17) is 19.9 Å². The summed E-state index contributed by atoms with van der Waals surface area (Å²) in [6, 6.07) is 3.74. The molecule has 2 N–H and O–H groups in total. The first-order valence-corrected chi connectivity index (χ1v) is 6.72. The second kappa shape index (κ2) is 7.29. The lowest BCUT2D eigenvalue weighted by Gasteiger charge is -2.15. The van der Waals surface area contributed by atoms with Crippen LogP contribution in [0.5, 0.6) is 17.2 Å². The average Bonchev–Trinajstić information content (AvgIpc) is 2.38. The van der Waals surface area contributed by atoms with Crippen LogP contribution < -0.4 is 19.9 Å². The zero-order valence-electron chi connectivity index (χ0n) is 10.5. The molecule has 0 atom stereocenters. The first-order chi connectivity index (χ1) is 8.26. The van der Waals surface area contributed by atoms with Crippen molar-refractivity contribution in [3.8, 4) is 17.2 Å². The Morgan fingerprint density at radius 2 is 1.76 bits per heavy atom. The lowest BCUT2D eigenvalue weighted by molar-refractivity contribution is 0.290. The van der Waals surface area contributed by atoms with Crippen LogP contribution in [0.3, 0.4) is 0 Å². The van der Waals surface area contributed by atoms with Crippen LogP contribution in [-0.2, 0) is 6.54 Å². The van der Waals surface area contributed by atoms with Crippen LogP contribution in [0.1, 0.15) is 5.56 Å². The van der Waals surface area contributed by atoms with Crippen molar-refractivity contribution in [3.05, 3.63) is 17.7 Å². The SMILES string of the molecule is COc1cc(CN)cc(OC)c1OCCSC. The Morgan fingerprint density at radius 1 is 1.18 bits per heavy atom. The van der Waals surface area contributed by atoms with Crippen molar-refractivity contribution in [1.29, 1.82) is 0 Å². The van der Waals surface area contributed by atoms with Gasteiger partial charge in [-0.3, -0.25) is 0 Å². The number of nitrogens with two attached hydrogens (primary N) is 1. The van der Waals surface area contributed by atoms with Crippen LogP contribution in [0.4, 0.5) is 0 Å². The molecule has 0 spiro atoms. The standard InChI is InChI=1S/C12H19NO3S/c1-14-10-6-9(8-13)7-11(15-2)12(10)16-4-5-17-3/h6-7H,4-5,8,13H2,1-3H3. The van der Waals surface area contributed by atoms with Gasteiger partial charge in [0.2, 0.25) is 5.75 Å². The highest BCUT2D eigenvalue weighted by Crippen LogP contribution is 2.38. The van der Waals surface area contributed by atoms with E-state index in [1.807, 2.05) is 18.4 Å². The maximum atomic E-state index is 5.68. The second-order valence-electron chi connectivity index (χ2n) is 3.37. The summed E-state index contributed by atoms with van der Waals surface area (Å²) in [6.45, 7) is 1.06. The summed E-state index contributed by atoms with van der Waals surface area (Å²) in [5.74, 6) is 2.88. The highest BCUT2D eigenvalue weighted by molar-refractivity contribution is 7.98. The molecule has 0 amide bonds. The van der Waals surface area contributed by atoms with Crippen LogP contribution in [0.2, 0.25) is 0 Å². The van der Waals surface area contributed by atoms with Gasteiger partial charge < -0.3 is 19.9 Å². The van der Waals surface area contributed by atoms with Gasteiger partial charge in [0.15, 0.2) is 11.5 Å². The fourth-order valence-electron chi connectivity index (χ4n) is 1.42. The Bertz CT molecular complexity index is 333. The van der Waals surface area contributed by atoms with Gasteiger partial charge >= 0.3 is 0 Å². The van der Waals surface area contributed by atoms with E-state index >= 15 is 0 Å². The van der Waals surface area contributed by atoms with Crippen LogP contribution in [0, 0.1) is 0 Å². The van der Waals surface area contributed by atoms with E-state index in [0.717, 1.165) is 11.3 Å². The van der Waals surface area contributed by atoms with Crippen molar-refractivity contribution in [1.82, 2.24) is 0 Å². The summed E-state index contributed by atoms with van der Waals surface area (Å²) in [4.78, 5) is 0. The molecule has 0 saturated carbocycles. The smallest absolute Gasteiger partial charge is 0.203 e. The van der Waals surface area contributed by atoms with Crippen LogP contribution in [0.25, 0.3) is 0 Å². The first kappa shape index (κ1) is 14.0. The summed E-state index contributed by atoms with van der Waals surface area (Å²) in [6.07, 6.45) is 2.04. The number of ether oxygens (including phenoxy) is 3. The predicted octanol–water partition coefficient (Wildman–Crippen LogP) is 1.90. The fraction of sp³-hybridized carbons (Fsp3) is 0.500. The Balaban J connectivity index is 2.98. The molecule has 0 aliphatic heterocycles. The maximum Gasteiger partial charge on any atom is 0.203 e. The zero-order valence-corrected chi connectivity index (χ0v) is 11.3. The van der Waals surface area contributed by atoms with Crippen LogP contribution in [-0.4, -0.2) is 32.8 Å². The number of thioether (sulfide) groups is 1. The molecule has 0 aliphatic rings. The van der Waals surface area contributed by atoms with Gasteiger partial charge in [0.05, 0.1) is 20.8 Å². The molecule has 0 aliphatic carbocycles. The van der Waals surface area contributed by atoms with E-state index in [1.165, 1.54) is 0 Å². The van der Waals surface area contributed by atoms with E-state index in [-0.39, 0.29) is 0 Å². The molecule has 0 saturated heterocycles. The zero-order chi connectivity index (χ0) is 12.7. The number of hydrogen-bond donors (Lipinski definition) is 1. The van der Waals surface area contributed by atoms with Crippen molar-refractivity contribution in [2.75, 3.05) is 32.8 Å². The summed E-state index contributed by atoms with van der Waals surface area (Å²) < 4.78 is 16.3. The van der Waals surface area contributed by atoms with E-state index in [2.05, 4.69) is 0 Å². The summed E-state index contributed by atoms with van der Waals surface area (Å²) in [7, 11) is 3.22. The van der Waals surface area contributed by atoms with Crippen molar-refractivity contribution in [2.45, 2.75) is 6.54 Å². The van der Waals surface area contributed by atoms with Gasteiger partial charge in [0.1, 0.15) is 0 Å². The third kappa shape index (κ3) is 3.71. The molecule has 1 rings (SSSR count). The Hall–Kier alpha value is -1.07. The minimum Gasteiger partial charge on any atom is -0.493 e. The Labute approximate surface area is 106 Å². The molecule has 1 aromatic carbocycles. The third-order valence-electron chi connectivity index (χ3n) is 2.29. The quantitative estimate of drug-likeness (QED) is 0.756. The van der Waals surface area contributed by atoms with Crippen molar-refractivity contribution in [2.24, 2.45) is 5.73 Å². The molecule has 17 heavy (non-hydrogen) atoms. The molecule has 1 aromatic rings. The molecule has 4 nitrogen and oxygen atoms in total. The van der Waals surface area contributed by atoms with E-state index in [0.29, 0.717) is 30.4 Å². The topological polar surface area (TPSA) is 53.7 Å². The first-order valence-electron chi connectivity index (χ1n) is 5.33. The van der Waals surface area contributed by atoms with E-state index in [1.54, 1.807) is 26.0 Å². The summed E-state index contributed by atoms with van der Waals surface area (Å²) in [5.41, 5.74) is 6.57. The number of rotatable bonds is 7. The fourth-order valence-corrected chi connectivity index (χ4v) is 1.67. The normalized spacial score (nSPS) is 10.1. The van der Waals surface area contributed by atoms with E-state index < -0.39 is 0 Å². The van der Waals surface area contributed by atoms with Gasteiger partial charge in [-0.15, -0.1) is 0 Å². The Morgan fingerprint density at radius 3 is 2.18 bits per heavy atom. The molecular formula is C12H19NO3S. The molecule has 0 bridgehead atoms. The van der Waals surface area contributed by atoms with E-state index in [9.17, 15) is 0 Å².